The van der Waals surface area contributed by atoms with Crippen LogP contribution in [-0.4, -0.2) is 39.3 Å². The van der Waals surface area contributed by atoms with Gasteiger partial charge in [0.1, 0.15) is 4.90 Å². The second-order valence-electron chi connectivity index (χ2n) is 5.20. The lowest BCUT2D eigenvalue weighted by Crippen LogP contribution is -2.48. The molecule has 0 amide bonds. The van der Waals surface area contributed by atoms with E-state index in [-0.39, 0.29) is 17.0 Å². The molecule has 1 heterocycles. The van der Waals surface area contributed by atoms with Crippen LogP contribution in [0.4, 0.5) is 4.39 Å². The number of rotatable bonds is 5. The molecule has 21 heavy (non-hydrogen) atoms. The zero-order valence-corrected chi connectivity index (χ0v) is 12.6. The minimum absolute atomic E-state index is 0.0592. The van der Waals surface area contributed by atoms with E-state index < -0.39 is 32.3 Å². The first-order valence-corrected chi connectivity index (χ1v) is 7.80. The number of hydrogen-bond acceptors (Lipinski definition) is 4. The molecule has 0 spiro atoms. The zero-order chi connectivity index (χ0) is 15.8. The molecular weight excluding hydrogens is 325 g/mol. The van der Waals surface area contributed by atoms with Crippen molar-refractivity contribution in [3.8, 4) is 0 Å². The first-order valence-electron chi connectivity index (χ1n) is 5.94. The topological polar surface area (TPSA) is 92.7 Å². The van der Waals surface area contributed by atoms with Crippen LogP contribution in [0.15, 0.2) is 17.0 Å². The van der Waals surface area contributed by atoms with E-state index in [1.54, 1.807) is 0 Å². The molecule has 1 fully saturated rings. The number of carboxylic acid groups (broad SMARTS) is 1. The summed E-state index contributed by atoms with van der Waals surface area (Å²) in [7, 11) is -4.21. The van der Waals surface area contributed by atoms with Gasteiger partial charge >= 0.3 is 5.97 Å². The predicted octanol–water partition coefficient (Wildman–Crippen LogP) is 1.49. The van der Waals surface area contributed by atoms with Gasteiger partial charge in [-0.1, -0.05) is 18.5 Å². The summed E-state index contributed by atoms with van der Waals surface area (Å²) < 4.78 is 45.5. The highest BCUT2D eigenvalue weighted by molar-refractivity contribution is 7.89. The van der Waals surface area contributed by atoms with Gasteiger partial charge in [-0.05, 0) is 12.1 Å². The first kappa shape index (κ1) is 16.2. The Kier molecular flexibility index (Phi) is 4.25. The average molecular weight is 338 g/mol. The number of nitrogens with one attached hydrogen (secondary N) is 1. The molecule has 2 rings (SSSR count). The summed E-state index contributed by atoms with van der Waals surface area (Å²) in [5, 5.41) is 8.68. The number of aromatic carboxylic acids is 1. The Balaban J connectivity index is 2.33. The van der Waals surface area contributed by atoms with Crippen molar-refractivity contribution in [1.29, 1.82) is 0 Å². The number of sulfonamides is 1. The van der Waals surface area contributed by atoms with Crippen LogP contribution in [0.2, 0.25) is 5.02 Å². The van der Waals surface area contributed by atoms with Gasteiger partial charge in [0.25, 0.3) is 0 Å². The summed E-state index contributed by atoms with van der Waals surface area (Å²) in [5.41, 5.74) is -1.14. The standard InChI is InChI=1S/C12H13ClFNO5S/c1-12(5-20-6-12)4-15-21(18,19)9-3-7(13)2-8(10(9)14)11(16)17/h2-3,15H,4-6H2,1H3,(H,16,17). The van der Waals surface area contributed by atoms with Gasteiger partial charge in [0.05, 0.1) is 18.8 Å². The molecule has 6 nitrogen and oxygen atoms in total. The Morgan fingerprint density at radius 3 is 2.62 bits per heavy atom. The molecule has 2 N–H and O–H groups in total. The highest BCUT2D eigenvalue weighted by atomic mass is 35.5. The van der Waals surface area contributed by atoms with E-state index in [2.05, 4.69) is 4.72 Å². The Morgan fingerprint density at radius 2 is 2.14 bits per heavy atom. The van der Waals surface area contributed by atoms with Gasteiger partial charge in [-0.3, -0.25) is 0 Å². The third-order valence-electron chi connectivity index (χ3n) is 3.11. The van der Waals surface area contributed by atoms with Crippen LogP contribution >= 0.6 is 11.6 Å². The lowest BCUT2D eigenvalue weighted by atomic mass is 9.89. The summed E-state index contributed by atoms with van der Waals surface area (Å²) in [4.78, 5) is 10.1. The molecule has 1 saturated heterocycles. The molecule has 0 atom stereocenters. The molecule has 1 aromatic rings. The summed E-state index contributed by atoms with van der Waals surface area (Å²) in [6, 6.07) is 1.74. The van der Waals surface area contributed by atoms with Gasteiger partial charge in [-0.2, -0.15) is 0 Å². The third kappa shape index (κ3) is 3.34. The fourth-order valence-electron chi connectivity index (χ4n) is 1.81. The fourth-order valence-corrected chi connectivity index (χ4v) is 3.42. The quantitative estimate of drug-likeness (QED) is 0.849. The molecule has 0 aliphatic carbocycles. The van der Waals surface area contributed by atoms with E-state index in [9.17, 15) is 17.6 Å². The van der Waals surface area contributed by atoms with Crippen LogP contribution in [0.1, 0.15) is 17.3 Å². The predicted molar refractivity (Wildman–Crippen MR) is 72.5 cm³/mol. The van der Waals surface area contributed by atoms with Crippen molar-refractivity contribution in [3.05, 3.63) is 28.5 Å². The fraction of sp³-hybridized carbons (Fsp3) is 0.417. The molecule has 116 valence electrons. The lowest BCUT2D eigenvalue weighted by molar-refractivity contribution is -0.0965. The highest BCUT2D eigenvalue weighted by Gasteiger charge is 2.35. The second-order valence-corrected chi connectivity index (χ2v) is 7.37. The van der Waals surface area contributed by atoms with Crippen LogP contribution in [0.3, 0.4) is 0 Å². The average Bonchev–Trinajstić information content (AvgIpc) is 2.36. The van der Waals surface area contributed by atoms with Crippen molar-refractivity contribution in [3.63, 3.8) is 0 Å². The smallest absolute Gasteiger partial charge is 0.338 e. The van der Waals surface area contributed by atoms with E-state index >= 15 is 0 Å². The number of hydrogen-bond donors (Lipinski definition) is 2. The van der Waals surface area contributed by atoms with E-state index in [1.165, 1.54) is 0 Å². The largest absolute Gasteiger partial charge is 0.478 e. The molecular formula is C12H13ClFNO5S. The molecule has 0 bridgehead atoms. The Bertz CT molecular complexity index is 687. The van der Waals surface area contributed by atoms with Crippen LogP contribution < -0.4 is 4.72 Å². The highest BCUT2D eigenvalue weighted by Crippen LogP contribution is 2.27. The second kappa shape index (κ2) is 5.53. The summed E-state index contributed by atoms with van der Waals surface area (Å²) in [6.45, 7) is 2.67. The van der Waals surface area contributed by atoms with Gasteiger partial charge in [0, 0.05) is 17.0 Å². The van der Waals surface area contributed by atoms with Crippen molar-refractivity contribution in [2.45, 2.75) is 11.8 Å². The molecule has 9 heteroatoms. The van der Waals surface area contributed by atoms with Crippen molar-refractivity contribution in [2.75, 3.05) is 19.8 Å². The Labute approximate surface area is 125 Å². The molecule has 0 radical (unpaired) electrons. The van der Waals surface area contributed by atoms with E-state index in [1.807, 2.05) is 6.92 Å². The van der Waals surface area contributed by atoms with Crippen LogP contribution in [0.25, 0.3) is 0 Å². The first-order chi connectivity index (χ1) is 9.65. The molecule has 0 unspecified atom stereocenters. The van der Waals surface area contributed by atoms with Crippen LogP contribution in [0, 0.1) is 11.2 Å². The van der Waals surface area contributed by atoms with E-state index in [4.69, 9.17) is 21.4 Å². The molecule has 1 aliphatic rings. The van der Waals surface area contributed by atoms with Crippen molar-refractivity contribution < 1.29 is 27.4 Å². The molecule has 1 aromatic carbocycles. The Morgan fingerprint density at radius 1 is 1.52 bits per heavy atom. The van der Waals surface area contributed by atoms with Gasteiger partial charge in [-0.15, -0.1) is 0 Å². The Hall–Kier alpha value is -1.22. The maximum absolute atomic E-state index is 14.0. The molecule has 0 saturated carbocycles. The summed E-state index contributed by atoms with van der Waals surface area (Å²) >= 11 is 5.66. The maximum atomic E-state index is 14.0. The zero-order valence-electron chi connectivity index (χ0n) is 11.0. The minimum atomic E-state index is -4.21. The van der Waals surface area contributed by atoms with Crippen molar-refractivity contribution >= 4 is 27.6 Å². The van der Waals surface area contributed by atoms with E-state index in [0.29, 0.717) is 13.2 Å². The lowest BCUT2D eigenvalue weighted by Gasteiger charge is -2.37. The third-order valence-corrected chi connectivity index (χ3v) is 4.73. The number of carbonyl (C=O) groups is 1. The maximum Gasteiger partial charge on any atom is 0.338 e. The monoisotopic (exact) mass is 337 g/mol. The van der Waals surface area contributed by atoms with E-state index in [0.717, 1.165) is 12.1 Å². The van der Waals surface area contributed by atoms with Gasteiger partial charge in [0.15, 0.2) is 5.82 Å². The van der Waals surface area contributed by atoms with Gasteiger partial charge in [-0.25, -0.2) is 22.3 Å². The normalized spacial score (nSPS) is 17.3. The summed E-state index contributed by atoms with van der Waals surface area (Å²) in [6.07, 6.45) is 0. The summed E-state index contributed by atoms with van der Waals surface area (Å²) in [5.74, 6) is -2.93. The van der Waals surface area contributed by atoms with Gasteiger partial charge in [0.2, 0.25) is 10.0 Å². The number of ether oxygens (including phenoxy) is 1. The van der Waals surface area contributed by atoms with Crippen LogP contribution in [0.5, 0.6) is 0 Å². The molecule has 1 aliphatic heterocycles. The van der Waals surface area contributed by atoms with Crippen molar-refractivity contribution in [1.82, 2.24) is 4.72 Å². The van der Waals surface area contributed by atoms with Crippen LogP contribution in [-0.2, 0) is 14.8 Å². The van der Waals surface area contributed by atoms with Gasteiger partial charge < -0.3 is 9.84 Å². The number of halogens is 2. The number of carboxylic acids is 1. The van der Waals surface area contributed by atoms with Crippen molar-refractivity contribution in [2.24, 2.45) is 5.41 Å². The minimum Gasteiger partial charge on any atom is -0.478 e. The molecule has 0 aromatic heterocycles. The number of benzene rings is 1. The SMILES string of the molecule is CC1(CNS(=O)(=O)c2cc(Cl)cc(C(=O)O)c2F)COC1.